The maximum absolute atomic E-state index is 11.7. The Hall–Kier alpha value is -1.46. The summed E-state index contributed by atoms with van der Waals surface area (Å²) in [5.41, 5.74) is 0. The van der Waals surface area contributed by atoms with Gasteiger partial charge in [-0.3, -0.25) is 9.59 Å². The minimum Gasteiger partial charge on any atom is -0.481 e. The molecule has 1 unspecified atom stereocenters. The average molecular weight is 320 g/mol. The second-order valence-corrected chi connectivity index (χ2v) is 4.89. The number of carboxylic acid groups (broad SMARTS) is 1. The number of carboxylic acids is 1. The third kappa shape index (κ3) is 5.27. The predicted octanol–water partition coefficient (Wildman–Crippen LogP) is 2.74. The Bertz CT molecular complexity index is 493. The topological polar surface area (TPSA) is 75.6 Å². The van der Waals surface area contributed by atoms with Gasteiger partial charge in [0, 0.05) is 13.0 Å². The van der Waals surface area contributed by atoms with Gasteiger partial charge in [-0.15, -0.1) is 0 Å². The minimum atomic E-state index is -0.894. The highest BCUT2D eigenvalue weighted by atomic mass is 35.5. The Balaban J connectivity index is 2.45. The first-order valence-electron chi connectivity index (χ1n) is 6.02. The van der Waals surface area contributed by atoms with Gasteiger partial charge >= 0.3 is 5.97 Å². The molecule has 1 atom stereocenters. The zero-order chi connectivity index (χ0) is 15.1. The SMILES string of the molecule is CC(Oc1cccc(Cl)c1Cl)C(=O)NCCCC(=O)O. The third-order valence-electron chi connectivity index (χ3n) is 2.46. The van der Waals surface area contributed by atoms with Crippen LogP contribution in [0.15, 0.2) is 18.2 Å². The van der Waals surface area contributed by atoms with Gasteiger partial charge in [0.1, 0.15) is 10.8 Å². The molecule has 0 saturated carbocycles. The molecule has 110 valence electrons. The number of nitrogens with one attached hydrogen (secondary N) is 1. The Morgan fingerprint density at radius 1 is 1.40 bits per heavy atom. The smallest absolute Gasteiger partial charge is 0.303 e. The van der Waals surface area contributed by atoms with Crippen LogP contribution >= 0.6 is 23.2 Å². The van der Waals surface area contributed by atoms with E-state index in [4.69, 9.17) is 33.0 Å². The van der Waals surface area contributed by atoms with Crippen LogP contribution in [0.1, 0.15) is 19.8 Å². The fourth-order valence-corrected chi connectivity index (χ4v) is 1.75. The number of carbonyl (C=O) groups is 2. The first-order chi connectivity index (χ1) is 9.41. The Morgan fingerprint density at radius 3 is 2.75 bits per heavy atom. The van der Waals surface area contributed by atoms with Gasteiger partial charge in [0.05, 0.1) is 5.02 Å². The van der Waals surface area contributed by atoms with Crippen LogP contribution in [-0.4, -0.2) is 29.6 Å². The molecule has 1 aromatic carbocycles. The van der Waals surface area contributed by atoms with E-state index >= 15 is 0 Å². The molecule has 5 nitrogen and oxygen atoms in total. The molecular formula is C13H15Cl2NO4. The van der Waals surface area contributed by atoms with Gasteiger partial charge in [0.25, 0.3) is 5.91 Å². The van der Waals surface area contributed by atoms with Crippen molar-refractivity contribution in [2.75, 3.05) is 6.54 Å². The quantitative estimate of drug-likeness (QED) is 0.758. The lowest BCUT2D eigenvalue weighted by Crippen LogP contribution is -2.37. The lowest BCUT2D eigenvalue weighted by molar-refractivity contribution is -0.137. The zero-order valence-electron chi connectivity index (χ0n) is 10.9. The van der Waals surface area contributed by atoms with Crippen LogP contribution in [-0.2, 0) is 9.59 Å². The highest BCUT2D eigenvalue weighted by Gasteiger charge is 2.16. The largest absolute Gasteiger partial charge is 0.481 e. The Morgan fingerprint density at radius 2 is 2.10 bits per heavy atom. The summed E-state index contributed by atoms with van der Waals surface area (Å²) in [7, 11) is 0. The van der Waals surface area contributed by atoms with E-state index < -0.39 is 12.1 Å². The highest BCUT2D eigenvalue weighted by molar-refractivity contribution is 6.42. The second-order valence-electron chi connectivity index (χ2n) is 4.10. The normalized spacial score (nSPS) is 11.8. The summed E-state index contributed by atoms with van der Waals surface area (Å²) in [6.07, 6.45) is -0.378. The number of rotatable bonds is 7. The van der Waals surface area contributed by atoms with Gasteiger partial charge in [0.2, 0.25) is 0 Å². The number of aliphatic carboxylic acids is 1. The number of ether oxygens (including phenoxy) is 1. The van der Waals surface area contributed by atoms with Crippen molar-refractivity contribution in [2.45, 2.75) is 25.9 Å². The van der Waals surface area contributed by atoms with Gasteiger partial charge in [-0.1, -0.05) is 29.3 Å². The molecule has 20 heavy (non-hydrogen) atoms. The fraction of sp³-hybridized carbons (Fsp3) is 0.385. The van der Waals surface area contributed by atoms with Crippen LogP contribution in [0.3, 0.4) is 0 Å². The maximum atomic E-state index is 11.7. The molecule has 1 rings (SSSR count). The Kier molecular flexibility index (Phi) is 6.61. The second kappa shape index (κ2) is 7.97. The first kappa shape index (κ1) is 16.6. The monoisotopic (exact) mass is 319 g/mol. The minimum absolute atomic E-state index is 0.00956. The summed E-state index contributed by atoms with van der Waals surface area (Å²) in [5.74, 6) is -0.909. The molecule has 0 fully saturated rings. The molecule has 7 heteroatoms. The van der Waals surface area contributed by atoms with Crippen molar-refractivity contribution in [3.8, 4) is 5.75 Å². The molecule has 0 aliphatic rings. The van der Waals surface area contributed by atoms with E-state index in [1.807, 2.05) is 0 Å². The third-order valence-corrected chi connectivity index (χ3v) is 3.26. The van der Waals surface area contributed by atoms with Crippen molar-refractivity contribution in [3.63, 3.8) is 0 Å². The van der Waals surface area contributed by atoms with Gasteiger partial charge in [-0.05, 0) is 25.5 Å². The van der Waals surface area contributed by atoms with Crippen molar-refractivity contribution in [2.24, 2.45) is 0 Å². The summed E-state index contributed by atoms with van der Waals surface area (Å²) in [6.45, 7) is 1.85. The van der Waals surface area contributed by atoms with Crippen molar-refractivity contribution < 1.29 is 19.4 Å². The summed E-state index contributed by atoms with van der Waals surface area (Å²) in [5, 5.41) is 11.7. The number of hydrogen-bond acceptors (Lipinski definition) is 3. The predicted molar refractivity (Wildman–Crippen MR) is 76.4 cm³/mol. The fourth-order valence-electron chi connectivity index (χ4n) is 1.41. The van der Waals surface area contributed by atoms with E-state index in [2.05, 4.69) is 5.32 Å². The summed E-state index contributed by atoms with van der Waals surface area (Å²) in [6, 6.07) is 4.90. The van der Waals surface area contributed by atoms with E-state index in [9.17, 15) is 9.59 Å². The van der Waals surface area contributed by atoms with E-state index in [1.165, 1.54) is 0 Å². The molecule has 1 amide bonds. The van der Waals surface area contributed by atoms with Crippen LogP contribution in [0.4, 0.5) is 0 Å². The van der Waals surface area contributed by atoms with Crippen LogP contribution in [0.5, 0.6) is 5.75 Å². The molecule has 0 aromatic heterocycles. The van der Waals surface area contributed by atoms with E-state index in [1.54, 1.807) is 25.1 Å². The van der Waals surface area contributed by atoms with E-state index in [-0.39, 0.29) is 23.9 Å². The van der Waals surface area contributed by atoms with Crippen LogP contribution in [0, 0.1) is 0 Å². The van der Waals surface area contributed by atoms with Crippen molar-refractivity contribution in [1.82, 2.24) is 5.32 Å². The van der Waals surface area contributed by atoms with Crippen LogP contribution in [0.25, 0.3) is 0 Å². The van der Waals surface area contributed by atoms with Gasteiger partial charge in [-0.2, -0.15) is 0 Å². The number of benzene rings is 1. The van der Waals surface area contributed by atoms with Gasteiger partial charge in [-0.25, -0.2) is 0 Å². The summed E-state index contributed by atoms with van der Waals surface area (Å²) < 4.78 is 5.42. The molecule has 2 N–H and O–H groups in total. The van der Waals surface area contributed by atoms with Crippen molar-refractivity contribution in [3.05, 3.63) is 28.2 Å². The average Bonchev–Trinajstić information content (AvgIpc) is 2.39. The molecule has 1 aromatic rings. The van der Waals surface area contributed by atoms with Crippen LogP contribution < -0.4 is 10.1 Å². The van der Waals surface area contributed by atoms with Gasteiger partial charge < -0.3 is 15.2 Å². The standard InChI is InChI=1S/C13H15Cl2NO4/c1-8(13(19)16-7-3-6-11(17)18)20-10-5-2-4-9(14)12(10)15/h2,4-5,8H,3,6-7H2,1H3,(H,16,19)(H,17,18). The maximum Gasteiger partial charge on any atom is 0.303 e. The van der Waals surface area contributed by atoms with Crippen molar-refractivity contribution >= 4 is 35.1 Å². The van der Waals surface area contributed by atoms with E-state index in [0.29, 0.717) is 17.2 Å². The lowest BCUT2D eigenvalue weighted by atomic mass is 10.3. The zero-order valence-corrected chi connectivity index (χ0v) is 12.4. The lowest BCUT2D eigenvalue weighted by Gasteiger charge is -2.15. The molecule has 0 aliphatic heterocycles. The molecule has 0 spiro atoms. The molecule has 0 bridgehead atoms. The Labute approximate surface area is 126 Å². The number of hydrogen-bond donors (Lipinski definition) is 2. The van der Waals surface area contributed by atoms with Crippen LogP contribution in [0.2, 0.25) is 10.0 Å². The molecule has 0 heterocycles. The molecule has 0 radical (unpaired) electrons. The number of amides is 1. The first-order valence-corrected chi connectivity index (χ1v) is 6.77. The summed E-state index contributed by atoms with van der Waals surface area (Å²) >= 11 is 11.8. The molecular weight excluding hydrogens is 305 g/mol. The number of carbonyl (C=O) groups excluding carboxylic acids is 1. The molecule has 0 saturated heterocycles. The number of halogens is 2. The van der Waals surface area contributed by atoms with Gasteiger partial charge in [0.15, 0.2) is 6.10 Å². The van der Waals surface area contributed by atoms with Crippen molar-refractivity contribution in [1.29, 1.82) is 0 Å². The molecule has 0 aliphatic carbocycles. The van der Waals surface area contributed by atoms with E-state index in [0.717, 1.165) is 0 Å². The summed E-state index contributed by atoms with van der Waals surface area (Å²) in [4.78, 5) is 22.1. The highest BCUT2D eigenvalue weighted by Crippen LogP contribution is 2.31.